The smallest absolute Gasteiger partial charge is 0.412 e. The number of carbonyl (C=O) groups excluding carboxylic acids is 1. The van der Waals surface area contributed by atoms with E-state index in [-0.39, 0.29) is 23.9 Å². The van der Waals surface area contributed by atoms with Crippen LogP contribution in [0.3, 0.4) is 0 Å². The number of rotatable bonds is 4. The van der Waals surface area contributed by atoms with Crippen LogP contribution in [0, 0.1) is 0 Å². The van der Waals surface area contributed by atoms with Gasteiger partial charge in [0.2, 0.25) is 0 Å². The number of benzene rings is 2. The van der Waals surface area contributed by atoms with Gasteiger partial charge in [-0.05, 0) is 50.3 Å². The molecule has 0 unspecified atom stereocenters. The fraction of sp³-hybridized carbons (Fsp3) is 0.0952. The van der Waals surface area contributed by atoms with E-state index in [1.54, 1.807) is 0 Å². The molecular formula is C21H15BrN2O4. The van der Waals surface area contributed by atoms with Gasteiger partial charge < -0.3 is 9.84 Å². The van der Waals surface area contributed by atoms with Crippen molar-refractivity contribution in [2.24, 2.45) is 0 Å². The second-order valence-corrected chi connectivity index (χ2v) is 7.10. The molecule has 3 aromatic rings. The highest BCUT2D eigenvalue weighted by molar-refractivity contribution is 9.10. The molecule has 1 aromatic heterocycles. The number of hydrogen-bond donors (Lipinski definition) is 2. The Labute approximate surface area is 169 Å². The molecule has 0 saturated carbocycles. The van der Waals surface area contributed by atoms with Gasteiger partial charge in [0, 0.05) is 5.92 Å². The minimum atomic E-state index is -1.19. The number of fused-ring (bicyclic) bond motifs is 3. The first kappa shape index (κ1) is 18.2. The summed E-state index contributed by atoms with van der Waals surface area (Å²) in [5, 5.41) is 11.7. The topological polar surface area (TPSA) is 88.5 Å². The summed E-state index contributed by atoms with van der Waals surface area (Å²) < 4.78 is 5.83. The predicted octanol–water partition coefficient (Wildman–Crippen LogP) is 4.90. The number of nitrogens with one attached hydrogen (secondary N) is 1. The largest absolute Gasteiger partial charge is 0.478 e. The van der Waals surface area contributed by atoms with E-state index < -0.39 is 12.1 Å². The number of carboxylic acid groups (broad SMARTS) is 1. The molecule has 1 aliphatic carbocycles. The number of aromatic carboxylic acids is 1. The fourth-order valence-corrected chi connectivity index (χ4v) is 3.74. The third-order valence-corrected chi connectivity index (χ3v) is 5.10. The number of carbonyl (C=O) groups is 2. The Bertz CT molecular complexity index is 1040. The highest BCUT2D eigenvalue weighted by Gasteiger charge is 2.29. The van der Waals surface area contributed by atoms with Crippen LogP contribution in [0.2, 0.25) is 0 Å². The maximum absolute atomic E-state index is 12.3. The lowest BCUT2D eigenvalue weighted by Crippen LogP contribution is -2.20. The van der Waals surface area contributed by atoms with E-state index in [9.17, 15) is 14.7 Å². The number of nitrogens with zero attached hydrogens (tertiary/aromatic N) is 1. The summed E-state index contributed by atoms with van der Waals surface area (Å²) in [4.78, 5) is 27.6. The number of hydrogen-bond acceptors (Lipinski definition) is 4. The van der Waals surface area contributed by atoms with Crippen molar-refractivity contribution in [2.75, 3.05) is 11.9 Å². The van der Waals surface area contributed by atoms with Gasteiger partial charge in [-0.3, -0.25) is 5.32 Å². The molecule has 28 heavy (non-hydrogen) atoms. The van der Waals surface area contributed by atoms with Crippen LogP contribution in [-0.4, -0.2) is 28.8 Å². The molecule has 7 heteroatoms. The molecule has 0 saturated heterocycles. The summed E-state index contributed by atoms with van der Waals surface area (Å²) in [6.45, 7) is 0.135. The van der Waals surface area contributed by atoms with Crippen LogP contribution < -0.4 is 5.32 Å². The summed E-state index contributed by atoms with van der Waals surface area (Å²) >= 11 is 3.17. The quantitative estimate of drug-likeness (QED) is 0.565. The van der Waals surface area contributed by atoms with Crippen molar-refractivity contribution in [3.05, 3.63) is 82.0 Å². The minimum Gasteiger partial charge on any atom is -0.478 e. The Morgan fingerprint density at radius 3 is 2.21 bits per heavy atom. The SMILES string of the molecule is O=C(Nc1nc(Br)ccc1C(=O)O)OCC1c2ccccc2-c2ccccc21. The molecule has 1 heterocycles. The van der Waals surface area contributed by atoms with Gasteiger partial charge in [-0.25, -0.2) is 14.6 Å². The van der Waals surface area contributed by atoms with E-state index in [2.05, 4.69) is 38.4 Å². The highest BCUT2D eigenvalue weighted by Crippen LogP contribution is 2.44. The van der Waals surface area contributed by atoms with Gasteiger partial charge in [0.05, 0.1) is 0 Å². The minimum absolute atomic E-state index is 0.0703. The molecule has 0 radical (unpaired) electrons. The van der Waals surface area contributed by atoms with Crippen LogP contribution in [0.4, 0.5) is 10.6 Å². The highest BCUT2D eigenvalue weighted by atomic mass is 79.9. The van der Waals surface area contributed by atoms with Gasteiger partial charge >= 0.3 is 12.1 Å². The van der Waals surface area contributed by atoms with E-state index >= 15 is 0 Å². The van der Waals surface area contributed by atoms with Gasteiger partial charge in [-0.1, -0.05) is 48.5 Å². The molecule has 0 fully saturated rings. The van der Waals surface area contributed by atoms with Crippen LogP contribution in [0.25, 0.3) is 11.1 Å². The van der Waals surface area contributed by atoms with Gasteiger partial charge in [0.25, 0.3) is 0 Å². The molecule has 0 bridgehead atoms. The lowest BCUT2D eigenvalue weighted by atomic mass is 9.98. The number of pyridine rings is 1. The molecule has 0 spiro atoms. The van der Waals surface area contributed by atoms with Crippen molar-refractivity contribution in [1.82, 2.24) is 4.98 Å². The Morgan fingerprint density at radius 2 is 1.61 bits per heavy atom. The molecule has 2 aromatic carbocycles. The predicted molar refractivity (Wildman–Crippen MR) is 108 cm³/mol. The lowest BCUT2D eigenvalue weighted by Gasteiger charge is -2.15. The molecule has 2 N–H and O–H groups in total. The molecule has 6 nitrogen and oxygen atoms in total. The summed E-state index contributed by atoms with van der Waals surface area (Å²) in [5.41, 5.74) is 4.35. The number of ether oxygens (including phenoxy) is 1. The molecule has 1 amide bonds. The number of halogens is 1. The number of carboxylic acids is 1. The first-order valence-corrected chi connectivity index (χ1v) is 9.35. The Morgan fingerprint density at radius 1 is 1.00 bits per heavy atom. The van der Waals surface area contributed by atoms with Crippen molar-refractivity contribution >= 4 is 33.8 Å². The maximum atomic E-state index is 12.3. The van der Waals surface area contributed by atoms with Gasteiger partial charge in [0.1, 0.15) is 16.8 Å². The summed E-state index contributed by atoms with van der Waals surface area (Å²) in [5.74, 6) is -1.33. The summed E-state index contributed by atoms with van der Waals surface area (Å²) in [7, 11) is 0. The Balaban J connectivity index is 1.52. The first-order valence-electron chi connectivity index (χ1n) is 8.56. The van der Waals surface area contributed by atoms with E-state index in [0.717, 1.165) is 22.3 Å². The average molecular weight is 439 g/mol. The molecule has 1 aliphatic rings. The van der Waals surface area contributed by atoms with Crippen LogP contribution >= 0.6 is 15.9 Å². The van der Waals surface area contributed by atoms with Crippen LogP contribution in [0.5, 0.6) is 0 Å². The van der Waals surface area contributed by atoms with Gasteiger partial charge in [-0.15, -0.1) is 0 Å². The molecule has 4 rings (SSSR count). The van der Waals surface area contributed by atoms with E-state index in [1.807, 2.05) is 36.4 Å². The van der Waals surface area contributed by atoms with E-state index in [4.69, 9.17) is 4.74 Å². The van der Waals surface area contributed by atoms with E-state index in [1.165, 1.54) is 12.1 Å². The first-order chi connectivity index (χ1) is 13.5. The molecule has 140 valence electrons. The van der Waals surface area contributed by atoms with Crippen molar-refractivity contribution in [1.29, 1.82) is 0 Å². The average Bonchev–Trinajstić information content (AvgIpc) is 3.00. The number of aromatic nitrogens is 1. The van der Waals surface area contributed by atoms with Gasteiger partial charge in [0.15, 0.2) is 5.82 Å². The fourth-order valence-electron chi connectivity index (χ4n) is 3.43. The third kappa shape index (κ3) is 3.36. The van der Waals surface area contributed by atoms with Crippen molar-refractivity contribution in [3.63, 3.8) is 0 Å². The monoisotopic (exact) mass is 438 g/mol. The maximum Gasteiger partial charge on any atom is 0.412 e. The second kappa shape index (κ2) is 7.44. The zero-order valence-electron chi connectivity index (χ0n) is 14.6. The van der Waals surface area contributed by atoms with Crippen LogP contribution in [0.1, 0.15) is 27.4 Å². The van der Waals surface area contributed by atoms with E-state index in [0.29, 0.717) is 4.60 Å². The zero-order chi connectivity index (χ0) is 19.7. The molecular weight excluding hydrogens is 424 g/mol. The summed E-state index contributed by atoms with van der Waals surface area (Å²) in [6, 6.07) is 18.9. The third-order valence-electron chi connectivity index (χ3n) is 4.66. The molecule has 0 aliphatic heterocycles. The normalized spacial score (nSPS) is 12.2. The van der Waals surface area contributed by atoms with Crippen molar-refractivity contribution in [3.8, 4) is 11.1 Å². The second-order valence-electron chi connectivity index (χ2n) is 6.29. The number of anilines is 1. The Hall–Kier alpha value is -3.19. The number of amides is 1. The summed E-state index contributed by atoms with van der Waals surface area (Å²) in [6.07, 6.45) is -0.755. The Kier molecular flexibility index (Phi) is 4.83. The van der Waals surface area contributed by atoms with Crippen molar-refractivity contribution < 1.29 is 19.4 Å². The van der Waals surface area contributed by atoms with Crippen LogP contribution in [0.15, 0.2) is 65.3 Å². The van der Waals surface area contributed by atoms with Crippen molar-refractivity contribution in [2.45, 2.75) is 5.92 Å². The standard InChI is InChI=1S/C21H15BrN2O4/c22-18-10-9-16(20(25)26)19(23-18)24-21(27)28-11-17-14-7-3-1-5-12(14)13-6-2-4-8-15(13)17/h1-10,17H,11H2,(H,25,26)(H,23,24,27). The zero-order valence-corrected chi connectivity index (χ0v) is 16.1. The van der Waals surface area contributed by atoms with Crippen LogP contribution in [-0.2, 0) is 4.74 Å². The van der Waals surface area contributed by atoms with Gasteiger partial charge in [-0.2, -0.15) is 0 Å². The molecule has 0 atom stereocenters. The lowest BCUT2D eigenvalue weighted by molar-refractivity contribution is 0.0697.